The number of aromatic nitrogens is 2. The van der Waals surface area contributed by atoms with Crippen LogP contribution in [-0.2, 0) is 0 Å². The molecule has 0 bridgehead atoms. The minimum absolute atomic E-state index is 0.511. The van der Waals surface area contributed by atoms with E-state index < -0.39 is 5.60 Å². The maximum Gasteiger partial charge on any atom is 0.144 e. The molecule has 0 fully saturated rings. The number of aryl methyl sites for hydroxylation is 2. The minimum Gasteiger partial charge on any atom is -0.388 e. The van der Waals surface area contributed by atoms with Gasteiger partial charge < -0.3 is 10.4 Å². The van der Waals surface area contributed by atoms with Crippen molar-refractivity contribution in [1.82, 2.24) is 9.97 Å². The molecular formula is C12H21N3O. The summed E-state index contributed by atoms with van der Waals surface area (Å²) in [4.78, 5) is 8.58. The van der Waals surface area contributed by atoms with Crippen molar-refractivity contribution in [2.24, 2.45) is 0 Å². The molecule has 0 unspecified atom stereocenters. The van der Waals surface area contributed by atoms with Gasteiger partial charge in [-0.05, 0) is 26.7 Å². The average Bonchev–Trinajstić information content (AvgIpc) is 2.30. The standard InChI is InChI=1S/C12H21N3O/c1-5-12(16,6-2)8-14-11-7-13-9(3)10(4)15-11/h7,16H,5-6,8H2,1-4H3,(H,14,15). The molecule has 1 aromatic rings. The molecule has 4 nitrogen and oxygen atoms in total. The second-order valence-electron chi connectivity index (χ2n) is 4.21. The third-order valence-electron chi connectivity index (χ3n) is 3.11. The van der Waals surface area contributed by atoms with Crippen molar-refractivity contribution in [3.8, 4) is 0 Å². The Kier molecular flexibility index (Phi) is 4.24. The smallest absolute Gasteiger partial charge is 0.144 e. The van der Waals surface area contributed by atoms with E-state index in [-0.39, 0.29) is 0 Å². The first-order valence-corrected chi connectivity index (χ1v) is 5.77. The summed E-state index contributed by atoms with van der Waals surface area (Å²) in [6.07, 6.45) is 3.16. The first kappa shape index (κ1) is 12.9. The molecular weight excluding hydrogens is 202 g/mol. The van der Waals surface area contributed by atoms with Crippen LogP contribution in [0.25, 0.3) is 0 Å². The Balaban J connectivity index is 2.64. The molecule has 0 atom stereocenters. The van der Waals surface area contributed by atoms with Crippen LogP contribution in [0, 0.1) is 13.8 Å². The molecule has 1 rings (SSSR count). The highest BCUT2D eigenvalue weighted by Gasteiger charge is 2.21. The molecule has 90 valence electrons. The molecule has 2 N–H and O–H groups in total. The fraction of sp³-hybridized carbons (Fsp3) is 0.667. The quantitative estimate of drug-likeness (QED) is 0.802. The van der Waals surface area contributed by atoms with Crippen LogP contribution in [0.1, 0.15) is 38.1 Å². The summed E-state index contributed by atoms with van der Waals surface area (Å²) in [5.74, 6) is 0.725. The zero-order chi connectivity index (χ0) is 12.2. The SMILES string of the molecule is CCC(O)(CC)CNc1cnc(C)c(C)n1. The third kappa shape index (κ3) is 3.17. The molecule has 1 heterocycles. The predicted molar refractivity (Wildman–Crippen MR) is 65.5 cm³/mol. The second-order valence-corrected chi connectivity index (χ2v) is 4.21. The van der Waals surface area contributed by atoms with Crippen molar-refractivity contribution in [2.75, 3.05) is 11.9 Å². The van der Waals surface area contributed by atoms with Gasteiger partial charge in [0.1, 0.15) is 5.82 Å². The van der Waals surface area contributed by atoms with Crippen LogP contribution >= 0.6 is 0 Å². The molecule has 0 radical (unpaired) electrons. The Hall–Kier alpha value is -1.16. The number of rotatable bonds is 5. The van der Waals surface area contributed by atoms with E-state index in [2.05, 4.69) is 15.3 Å². The van der Waals surface area contributed by atoms with E-state index in [4.69, 9.17) is 0 Å². The van der Waals surface area contributed by atoms with Crippen LogP contribution in [0.3, 0.4) is 0 Å². The van der Waals surface area contributed by atoms with Crippen molar-refractivity contribution in [3.63, 3.8) is 0 Å². The highest BCUT2D eigenvalue weighted by atomic mass is 16.3. The molecule has 4 heteroatoms. The van der Waals surface area contributed by atoms with Crippen LogP contribution in [0.5, 0.6) is 0 Å². The largest absolute Gasteiger partial charge is 0.388 e. The van der Waals surface area contributed by atoms with E-state index in [1.807, 2.05) is 27.7 Å². The van der Waals surface area contributed by atoms with E-state index >= 15 is 0 Å². The average molecular weight is 223 g/mol. The molecule has 0 spiro atoms. The molecule has 0 aliphatic heterocycles. The summed E-state index contributed by atoms with van der Waals surface area (Å²) in [5.41, 5.74) is 1.20. The van der Waals surface area contributed by atoms with Gasteiger partial charge >= 0.3 is 0 Å². The van der Waals surface area contributed by atoms with Crippen molar-refractivity contribution < 1.29 is 5.11 Å². The zero-order valence-electron chi connectivity index (χ0n) is 10.5. The molecule has 1 aromatic heterocycles. The summed E-state index contributed by atoms with van der Waals surface area (Å²) in [5, 5.41) is 13.2. The minimum atomic E-state index is -0.652. The first-order chi connectivity index (χ1) is 7.50. The maximum atomic E-state index is 10.1. The number of aliphatic hydroxyl groups is 1. The van der Waals surface area contributed by atoms with Crippen LogP contribution < -0.4 is 5.32 Å². The highest BCUT2D eigenvalue weighted by molar-refractivity contribution is 5.33. The van der Waals surface area contributed by atoms with Crippen LogP contribution in [-0.4, -0.2) is 27.2 Å². The molecule has 0 saturated carbocycles. The van der Waals surface area contributed by atoms with Crippen LogP contribution in [0.4, 0.5) is 5.82 Å². The van der Waals surface area contributed by atoms with Crippen molar-refractivity contribution >= 4 is 5.82 Å². The molecule has 0 amide bonds. The summed E-state index contributed by atoms with van der Waals surface area (Å²) >= 11 is 0. The van der Waals surface area contributed by atoms with E-state index in [0.717, 1.165) is 30.0 Å². The number of anilines is 1. The third-order valence-corrected chi connectivity index (χ3v) is 3.11. The molecule has 0 aliphatic rings. The maximum absolute atomic E-state index is 10.1. The van der Waals surface area contributed by atoms with Gasteiger partial charge in [0.25, 0.3) is 0 Å². The molecule has 0 saturated heterocycles. The monoisotopic (exact) mass is 223 g/mol. The number of nitrogens with one attached hydrogen (secondary N) is 1. The number of hydrogen-bond acceptors (Lipinski definition) is 4. The lowest BCUT2D eigenvalue weighted by Gasteiger charge is -2.25. The summed E-state index contributed by atoms with van der Waals surface area (Å²) in [7, 11) is 0. The van der Waals surface area contributed by atoms with Gasteiger partial charge in [-0.1, -0.05) is 13.8 Å². The zero-order valence-corrected chi connectivity index (χ0v) is 10.5. The Morgan fingerprint density at radius 1 is 1.25 bits per heavy atom. The normalized spacial score (nSPS) is 11.6. The van der Waals surface area contributed by atoms with Gasteiger partial charge in [0, 0.05) is 6.54 Å². The van der Waals surface area contributed by atoms with Gasteiger partial charge in [-0.2, -0.15) is 0 Å². The van der Waals surface area contributed by atoms with Gasteiger partial charge in [-0.15, -0.1) is 0 Å². The van der Waals surface area contributed by atoms with Gasteiger partial charge in [-0.25, -0.2) is 4.98 Å². The van der Waals surface area contributed by atoms with Crippen molar-refractivity contribution in [3.05, 3.63) is 17.6 Å². The van der Waals surface area contributed by atoms with E-state index in [1.54, 1.807) is 6.20 Å². The van der Waals surface area contributed by atoms with Gasteiger partial charge in [0.05, 0.1) is 23.2 Å². The summed E-state index contributed by atoms with van der Waals surface area (Å²) in [6, 6.07) is 0. The number of nitrogens with zero attached hydrogens (tertiary/aromatic N) is 2. The van der Waals surface area contributed by atoms with Gasteiger partial charge in [0.15, 0.2) is 0 Å². The Morgan fingerprint density at radius 3 is 2.38 bits per heavy atom. The Bertz CT molecular complexity index is 348. The molecule has 0 aromatic carbocycles. The molecule has 16 heavy (non-hydrogen) atoms. The van der Waals surface area contributed by atoms with Crippen molar-refractivity contribution in [2.45, 2.75) is 46.1 Å². The van der Waals surface area contributed by atoms with Gasteiger partial charge in [0.2, 0.25) is 0 Å². The number of hydrogen-bond donors (Lipinski definition) is 2. The summed E-state index contributed by atoms with van der Waals surface area (Å²) < 4.78 is 0. The first-order valence-electron chi connectivity index (χ1n) is 5.77. The topological polar surface area (TPSA) is 58.0 Å². The Morgan fingerprint density at radius 2 is 1.88 bits per heavy atom. The fourth-order valence-corrected chi connectivity index (χ4v) is 1.38. The lowest BCUT2D eigenvalue weighted by molar-refractivity contribution is 0.0456. The predicted octanol–water partition coefficient (Wildman–Crippen LogP) is 2.06. The highest BCUT2D eigenvalue weighted by Crippen LogP contribution is 2.15. The van der Waals surface area contributed by atoms with Crippen LogP contribution in [0.2, 0.25) is 0 Å². The van der Waals surface area contributed by atoms with E-state index in [9.17, 15) is 5.11 Å². The fourth-order valence-electron chi connectivity index (χ4n) is 1.38. The van der Waals surface area contributed by atoms with Crippen molar-refractivity contribution in [1.29, 1.82) is 0 Å². The van der Waals surface area contributed by atoms with Gasteiger partial charge in [-0.3, -0.25) is 4.98 Å². The van der Waals surface area contributed by atoms with Crippen LogP contribution in [0.15, 0.2) is 6.20 Å². The Labute approximate surface area is 97.1 Å². The second kappa shape index (κ2) is 5.25. The lowest BCUT2D eigenvalue weighted by Crippen LogP contribution is -2.35. The van der Waals surface area contributed by atoms with E-state index in [1.165, 1.54) is 0 Å². The van der Waals surface area contributed by atoms with E-state index in [0.29, 0.717) is 6.54 Å². The summed E-state index contributed by atoms with van der Waals surface area (Å²) in [6.45, 7) is 8.34. The lowest BCUT2D eigenvalue weighted by atomic mass is 9.98. The molecule has 0 aliphatic carbocycles.